The summed E-state index contributed by atoms with van der Waals surface area (Å²) >= 11 is 7.85. The van der Waals surface area contributed by atoms with Gasteiger partial charge in [0.05, 0.1) is 5.69 Å². The van der Waals surface area contributed by atoms with Crippen molar-refractivity contribution in [2.45, 2.75) is 33.2 Å². The number of benzene rings is 1. The molecular weight excluding hydrogens is 370 g/mol. The molecule has 26 heavy (non-hydrogen) atoms. The molecule has 0 radical (unpaired) electrons. The maximum absolute atomic E-state index is 11.3. The highest BCUT2D eigenvalue weighted by atomic mass is 35.5. The van der Waals surface area contributed by atoms with Gasteiger partial charge in [-0.2, -0.15) is 0 Å². The molecule has 1 unspecified atom stereocenters. The third kappa shape index (κ3) is 4.19. The predicted octanol–water partition coefficient (Wildman–Crippen LogP) is 3.83. The molecule has 1 aliphatic heterocycles. The number of aromatic nitrogens is 1. The Hall–Kier alpha value is -1.63. The van der Waals surface area contributed by atoms with Crippen molar-refractivity contribution in [2.24, 2.45) is 5.92 Å². The molecule has 7 heteroatoms. The number of aryl methyl sites for hydroxylation is 1. The van der Waals surface area contributed by atoms with Gasteiger partial charge in [-0.15, -0.1) is 11.3 Å². The minimum atomic E-state index is -0.817. The van der Waals surface area contributed by atoms with E-state index in [1.165, 1.54) is 4.88 Å². The van der Waals surface area contributed by atoms with Crippen LogP contribution in [-0.2, 0) is 11.2 Å². The first-order chi connectivity index (χ1) is 12.3. The summed E-state index contributed by atoms with van der Waals surface area (Å²) in [6, 6.07) is 5.44. The Balaban J connectivity index is 1.96. The van der Waals surface area contributed by atoms with Crippen LogP contribution >= 0.6 is 22.9 Å². The number of hydrogen-bond donors (Lipinski definition) is 2. The number of carbonyl (C=O) groups is 1. The van der Waals surface area contributed by atoms with E-state index in [1.54, 1.807) is 11.3 Å². The van der Waals surface area contributed by atoms with Crippen molar-refractivity contribution in [1.29, 1.82) is 0 Å². The second kappa shape index (κ2) is 7.94. The number of nitrogens with zero attached hydrogens (tertiary/aromatic N) is 2. The van der Waals surface area contributed by atoms with Crippen LogP contribution in [0, 0.1) is 12.8 Å². The summed E-state index contributed by atoms with van der Waals surface area (Å²) in [5.41, 5.74) is 3.08. The van der Waals surface area contributed by atoms with Crippen LogP contribution < -0.4 is 10.2 Å². The standard InChI is InChI=1S/C19H24ClN3O2S/c1-11(2)8-16-17(13-4-5-14(20)12(3)9-13)22-19(26-16)23-7-6-21-15(10-23)18(24)25/h4-5,9,11,15,21H,6-8,10H2,1-3H3,(H,24,25). The van der Waals surface area contributed by atoms with Crippen molar-refractivity contribution in [3.8, 4) is 11.3 Å². The highest BCUT2D eigenvalue weighted by molar-refractivity contribution is 7.16. The number of thiazole rings is 1. The summed E-state index contributed by atoms with van der Waals surface area (Å²) < 4.78 is 0. The molecule has 1 fully saturated rings. The number of nitrogens with one attached hydrogen (secondary N) is 1. The number of carboxylic acid groups (broad SMARTS) is 1. The monoisotopic (exact) mass is 393 g/mol. The molecule has 0 bridgehead atoms. The van der Waals surface area contributed by atoms with Crippen molar-refractivity contribution in [3.05, 3.63) is 33.7 Å². The first-order valence-electron chi connectivity index (χ1n) is 8.82. The van der Waals surface area contributed by atoms with Crippen molar-refractivity contribution in [2.75, 3.05) is 24.5 Å². The van der Waals surface area contributed by atoms with Crippen LogP contribution in [0.1, 0.15) is 24.3 Å². The Morgan fingerprint density at radius 2 is 2.27 bits per heavy atom. The van der Waals surface area contributed by atoms with Gasteiger partial charge in [-0.25, -0.2) is 4.98 Å². The molecule has 1 aliphatic rings. The third-order valence-electron chi connectivity index (χ3n) is 4.46. The van der Waals surface area contributed by atoms with E-state index in [0.717, 1.165) is 39.9 Å². The first kappa shape index (κ1) is 19.1. The maximum Gasteiger partial charge on any atom is 0.322 e. The molecule has 2 heterocycles. The molecule has 140 valence electrons. The summed E-state index contributed by atoms with van der Waals surface area (Å²) in [6.45, 7) is 8.23. The summed E-state index contributed by atoms with van der Waals surface area (Å²) in [4.78, 5) is 19.5. The minimum absolute atomic E-state index is 0.434. The molecule has 1 aromatic heterocycles. The van der Waals surface area contributed by atoms with Crippen LogP contribution in [0.25, 0.3) is 11.3 Å². The normalized spacial score (nSPS) is 17.7. The zero-order valence-electron chi connectivity index (χ0n) is 15.3. The molecule has 3 rings (SSSR count). The van der Waals surface area contributed by atoms with Gasteiger partial charge in [0.1, 0.15) is 6.04 Å². The van der Waals surface area contributed by atoms with Crippen molar-refractivity contribution in [3.63, 3.8) is 0 Å². The van der Waals surface area contributed by atoms with E-state index >= 15 is 0 Å². The average Bonchev–Trinajstić information content (AvgIpc) is 3.00. The van der Waals surface area contributed by atoms with Crippen LogP contribution in [0.4, 0.5) is 5.13 Å². The Kier molecular flexibility index (Phi) is 5.85. The van der Waals surface area contributed by atoms with E-state index in [1.807, 2.05) is 19.1 Å². The van der Waals surface area contributed by atoms with E-state index in [0.29, 0.717) is 19.0 Å². The summed E-state index contributed by atoms with van der Waals surface area (Å²) in [5, 5.41) is 14.0. The molecule has 0 saturated carbocycles. The lowest BCUT2D eigenvalue weighted by atomic mass is 10.0. The number of halogens is 1. The Morgan fingerprint density at radius 1 is 1.50 bits per heavy atom. The fraction of sp³-hybridized carbons (Fsp3) is 0.474. The number of carboxylic acids is 1. The highest BCUT2D eigenvalue weighted by Crippen LogP contribution is 2.36. The van der Waals surface area contributed by atoms with Gasteiger partial charge in [-0.1, -0.05) is 31.5 Å². The predicted molar refractivity (Wildman–Crippen MR) is 107 cm³/mol. The minimum Gasteiger partial charge on any atom is -0.480 e. The van der Waals surface area contributed by atoms with Crippen LogP contribution in [0.2, 0.25) is 5.02 Å². The van der Waals surface area contributed by atoms with Crippen molar-refractivity contribution < 1.29 is 9.90 Å². The quantitative estimate of drug-likeness (QED) is 0.808. The van der Waals surface area contributed by atoms with Crippen LogP contribution in [-0.4, -0.2) is 41.7 Å². The van der Waals surface area contributed by atoms with E-state index in [4.69, 9.17) is 16.6 Å². The third-order valence-corrected chi connectivity index (χ3v) is 6.02. The molecule has 5 nitrogen and oxygen atoms in total. The van der Waals surface area contributed by atoms with Gasteiger partial charge in [-0.3, -0.25) is 4.79 Å². The van der Waals surface area contributed by atoms with Gasteiger partial charge in [0.15, 0.2) is 5.13 Å². The van der Waals surface area contributed by atoms with Gasteiger partial charge in [0.2, 0.25) is 0 Å². The lowest BCUT2D eigenvalue weighted by Gasteiger charge is -2.31. The number of anilines is 1. The van der Waals surface area contributed by atoms with Gasteiger partial charge in [0, 0.05) is 35.1 Å². The molecule has 2 aromatic rings. The summed E-state index contributed by atoms with van der Waals surface area (Å²) in [5.74, 6) is -0.299. The van der Waals surface area contributed by atoms with E-state index in [2.05, 4.69) is 30.1 Å². The second-order valence-corrected chi connectivity index (χ2v) is 8.59. The van der Waals surface area contributed by atoms with E-state index in [9.17, 15) is 9.90 Å². The number of rotatable bonds is 5. The molecule has 0 aliphatic carbocycles. The summed E-state index contributed by atoms with van der Waals surface area (Å²) in [6.07, 6.45) is 0.948. The van der Waals surface area contributed by atoms with Gasteiger partial charge >= 0.3 is 5.97 Å². The molecular formula is C19H24ClN3O2S. The fourth-order valence-electron chi connectivity index (χ4n) is 3.09. The van der Waals surface area contributed by atoms with Crippen LogP contribution in [0.15, 0.2) is 18.2 Å². The fourth-order valence-corrected chi connectivity index (χ4v) is 4.54. The SMILES string of the molecule is Cc1cc(-c2nc(N3CCNC(C(=O)O)C3)sc2CC(C)C)ccc1Cl. The Morgan fingerprint density at radius 3 is 2.92 bits per heavy atom. The van der Waals surface area contributed by atoms with Crippen LogP contribution in [0.5, 0.6) is 0 Å². The van der Waals surface area contributed by atoms with Gasteiger partial charge in [0.25, 0.3) is 0 Å². The van der Waals surface area contributed by atoms with E-state index in [-0.39, 0.29) is 0 Å². The number of piperazine rings is 1. The zero-order valence-corrected chi connectivity index (χ0v) is 16.8. The second-order valence-electron chi connectivity index (χ2n) is 7.12. The highest BCUT2D eigenvalue weighted by Gasteiger charge is 2.27. The van der Waals surface area contributed by atoms with Crippen LogP contribution in [0.3, 0.4) is 0 Å². The average molecular weight is 394 g/mol. The first-order valence-corrected chi connectivity index (χ1v) is 10.0. The Labute approximate surface area is 163 Å². The number of hydrogen-bond acceptors (Lipinski definition) is 5. The Bertz CT molecular complexity index is 806. The number of aliphatic carboxylic acids is 1. The van der Waals surface area contributed by atoms with E-state index < -0.39 is 12.0 Å². The summed E-state index contributed by atoms with van der Waals surface area (Å²) in [7, 11) is 0. The topological polar surface area (TPSA) is 65.5 Å². The van der Waals surface area contributed by atoms with Crippen molar-refractivity contribution in [1.82, 2.24) is 10.3 Å². The smallest absolute Gasteiger partial charge is 0.322 e. The van der Waals surface area contributed by atoms with Crippen molar-refractivity contribution >= 4 is 34.0 Å². The molecule has 1 atom stereocenters. The molecule has 0 amide bonds. The molecule has 0 spiro atoms. The van der Waals surface area contributed by atoms with Gasteiger partial charge < -0.3 is 15.3 Å². The molecule has 2 N–H and O–H groups in total. The maximum atomic E-state index is 11.3. The molecule has 1 aromatic carbocycles. The zero-order chi connectivity index (χ0) is 18.8. The lowest BCUT2D eigenvalue weighted by molar-refractivity contribution is -0.139. The largest absolute Gasteiger partial charge is 0.480 e. The lowest BCUT2D eigenvalue weighted by Crippen LogP contribution is -2.54. The molecule has 1 saturated heterocycles. The van der Waals surface area contributed by atoms with Gasteiger partial charge in [-0.05, 0) is 37.0 Å².